The van der Waals surface area contributed by atoms with Gasteiger partial charge >= 0.3 is 0 Å². The van der Waals surface area contributed by atoms with Crippen molar-refractivity contribution in [3.8, 4) is 22.4 Å². The lowest BCUT2D eigenvalue weighted by Crippen LogP contribution is -2.09. The summed E-state index contributed by atoms with van der Waals surface area (Å²) in [5, 5.41) is 0.611. The number of ketones is 1. The summed E-state index contributed by atoms with van der Waals surface area (Å²) in [4.78, 5) is 27.5. The van der Waals surface area contributed by atoms with Crippen molar-refractivity contribution in [3.63, 3.8) is 0 Å². The normalized spacial score (nSPS) is 12.1. The van der Waals surface area contributed by atoms with Crippen LogP contribution in [0.1, 0.15) is 15.9 Å². The Bertz CT molecular complexity index is 971. The van der Waals surface area contributed by atoms with E-state index in [1.54, 1.807) is 18.2 Å². The molecule has 4 heteroatoms. The van der Waals surface area contributed by atoms with Crippen LogP contribution in [0.5, 0.6) is 0 Å². The second kappa shape index (κ2) is 4.68. The number of hydrogen-bond acceptors (Lipinski definition) is 2. The van der Waals surface area contributed by atoms with E-state index in [4.69, 9.17) is 11.6 Å². The highest BCUT2D eigenvalue weighted by Crippen LogP contribution is 2.39. The number of rotatable bonds is 1. The van der Waals surface area contributed by atoms with Crippen LogP contribution in [0.25, 0.3) is 22.4 Å². The number of H-pyrrole nitrogens is 1. The van der Waals surface area contributed by atoms with Gasteiger partial charge in [-0.1, -0.05) is 48.0 Å². The molecule has 0 atom stereocenters. The third-order valence-corrected chi connectivity index (χ3v) is 4.12. The van der Waals surface area contributed by atoms with Gasteiger partial charge < -0.3 is 4.98 Å². The molecular weight excluding hydrogens is 298 g/mol. The third kappa shape index (κ3) is 1.83. The van der Waals surface area contributed by atoms with Crippen molar-refractivity contribution in [1.29, 1.82) is 0 Å². The lowest BCUT2D eigenvalue weighted by atomic mass is 9.98. The molecule has 0 saturated carbocycles. The summed E-state index contributed by atoms with van der Waals surface area (Å²) in [7, 11) is 0. The largest absolute Gasteiger partial charge is 0.321 e. The summed E-state index contributed by atoms with van der Waals surface area (Å²) in [6, 6.07) is 15.9. The second-order valence-corrected chi connectivity index (χ2v) is 5.62. The van der Waals surface area contributed by atoms with Gasteiger partial charge in [-0.15, -0.1) is 0 Å². The van der Waals surface area contributed by atoms with E-state index in [1.165, 1.54) is 6.07 Å². The topological polar surface area (TPSA) is 49.9 Å². The number of fused-ring (bicyclic) bond motifs is 3. The van der Waals surface area contributed by atoms with Crippen molar-refractivity contribution in [2.75, 3.05) is 0 Å². The van der Waals surface area contributed by atoms with Gasteiger partial charge in [-0.25, -0.2) is 0 Å². The van der Waals surface area contributed by atoms with Crippen molar-refractivity contribution in [2.24, 2.45) is 0 Å². The standard InChI is InChI=1S/C18H10ClNO2/c19-11-7-5-10(6-8-11)14-9-15(21)20-17-12-3-1-2-4-13(12)18(22)16(14)17/h1-9H,(H,20,21). The SMILES string of the molecule is O=C1c2ccccc2-c2[nH]c(=O)cc(-c3ccc(Cl)cc3)c21. The molecule has 0 saturated heterocycles. The first kappa shape index (κ1) is 13.0. The van der Waals surface area contributed by atoms with Crippen LogP contribution in [-0.2, 0) is 0 Å². The summed E-state index contributed by atoms with van der Waals surface area (Å²) in [5.41, 5.74) is 3.74. The lowest BCUT2D eigenvalue weighted by molar-refractivity contribution is 0.104. The number of nitrogens with one attached hydrogen (secondary N) is 1. The molecule has 4 rings (SSSR count). The first-order valence-corrected chi connectivity index (χ1v) is 7.20. The lowest BCUT2D eigenvalue weighted by Gasteiger charge is -2.07. The minimum absolute atomic E-state index is 0.0631. The molecule has 0 aliphatic heterocycles. The Balaban J connectivity index is 2.05. The maximum atomic E-state index is 12.7. The van der Waals surface area contributed by atoms with Crippen LogP contribution >= 0.6 is 11.6 Å². The minimum Gasteiger partial charge on any atom is -0.321 e. The van der Waals surface area contributed by atoms with E-state index in [0.29, 0.717) is 27.4 Å². The van der Waals surface area contributed by atoms with Crippen molar-refractivity contribution in [3.05, 3.63) is 81.1 Å². The molecule has 3 nitrogen and oxygen atoms in total. The van der Waals surface area contributed by atoms with Gasteiger partial charge in [-0.3, -0.25) is 9.59 Å². The summed E-state index contributed by atoms with van der Waals surface area (Å²) < 4.78 is 0. The third-order valence-electron chi connectivity index (χ3n) is 3.87. The number of halogens is 1. The first-order valence-electron chi connectivity index (χ1n) is 6.82. The Hall–Kier alpha value is -2.65. The number of carbonyl (C=O) groups is 1. The number of pyridine rings is 1. The fraction of sp³-hybridized carbons (Fsp3) is 0. The Labute approximate surface area is 131 Å². The molecule has 0 radical (unpaired) electrons. The zero-order valence-electron chi connectivity index (χ0n) is 11.4. The monoisotopic (exact) mass is 307 g/mol. The van der Waals surface area contributed by atoms with Crippen molar-refractivity contribution >= 4 is 17.4 Å². The van der Waals surface area contributed by atoms with Crippen molar-refractivity contribution in [1.82, 2.24) is 4.98 Å². The summed E-state index contributed by atoms with van der Waals surface area (Å²) >= 11 is 5.91. The highest BCUT2D eigenvalue weighted by atomic mass is 35.5. The highest BCUT2D eigenvalue weighted by molar-refractivity contribution is 6.30. The van der Waals surface area contributed by atoms with Crippen LogP contribution in [0.2, 0.25) is 5.02 Å². The molecule has 1 aromatic heterocycles. The number of aromatic amines is 1. The molecule has 1 N–H and O–H groups in total. The van der Waals surface area contributed by atoms with Gasteiger partial charge in [0.1, 0.15) is 0 Å². The van der Waals surface area contributed by atoms with E-state index in [2.05, 4.69) is 4.98 Å². The number of benzene rings is 2. The Morgan fingerprint density at radius 1 is 0.818 bits per heavy atom. The zero-order chi connectivity index (χ0) is 15.3. The maximum Gasteiger partial charge on any atom is 0.249 e. The quantitative estimate of drug-likeness (QED) is 0.579. The fourth-order valence-electron chi connectivity index (χ4n) is 2.89. The van der Waals surface area contributed by atoms with Crippen molar-refractivity contribution in [2.45, 2.75) is 0 Å². The molecule has 1 aliphatic rings. The molecular formula is C18H10ClNO2. The minimum atomic E-state index is -0.229. The van der Waals surface area contributed by atoms with E-state index >= 15 is 0 Å². The highest BCUT2D eigenvalue weighted by Gasteiger charge is 2.30. The average molecular weight is 308 g/mol. The Morgan fingerprint density at radius 2 is 1.50 bits per heavy atom. The first-order chi connectivity index (χ1) is 10.6. The van der Waals surface area contributed by atoms with Gasteiger partial charge in [0.15, 0.2) is 5.78 Å². The van der Waals surface area contributed by atoms with Gasteiger partial charge in [-0.2, -0.15) is 0 Å². The Kier molecular flexibility index (Phi) is 2.78. The molecule has 0 fully saturated rings. The predicted octanol–water partition coefficient (Wildman–Crippen LogP) is 3.91. The van der Waals surface area contributed by atoms with Crippen LogP contribution in [0, 0.1) is 0 Å². The average Bonchev–Trinajstić information content (AvgIpc) is 2.81. The van der Waals surface area contributed by atoms with E-state index in [9.17, 15) is 9.59 Å². The van der Waals surface area contributed by atoms with Crippen LogP contribution in [0.4, 0.5) is 0 Å². The number of hydrogen-bond donors (Lipinski definition) is 1. The smallest absolute Gasteiger partial charge is 0.249 e. The zero-order valence-corrected chi connectivity index (χ0v) is 12.1. The number of carbonyl (C=O) groups excluding carboxylic acids is 1. The van der Waals surface area contributed by atoms with Gasteiger partial charge in [0.05, 0.1) is 11.3 Å². The van der Waals surface area contributed by atoms with Crippen molar-refractivity contribution < 1.29 is 4.79 Å². The molecule has 1 aliphatic carbocycles. The fourth-order valence-corrected chi connectivity index (χ4v) is 3.01. The molecule has 106 valence electrons. The van der Waals surface area contributed by atoms with E-state index < -0.39 is 0 Å². The predicted molar refractivity (Wildman–Crippen MR) is 86.4 cm³/mol. The summed E-state index contributed by atoms with van der Waals surface area (Å²) in [6.45, 7) is 0. The summed E-state index contributed by atoms with van der Waals surface area (Å²) in [6.07, 6.45) is 0. The van der Waals surface area contributed by atoms with Crippen LogP contribution < -0.4 is 5.56 Å². The van der Waals surface area contributed by atoms with Crippen LogP contribution in [0.15, 0.2) is 59.4 Å². The number of aromatic nitrogens is 1. The summed E-state index contributed by atoms with van der Waals surface area (Å²) in [5.74, 6) is -0.0631. The van der Waals surface area contributed by atoms with Crippen LogP contribution in [0.3, 0.4) is 0 Å². The van der Waals surface area contributed by atoms with E-state index in [-0.39, 0.29) is 11.3 Å². The molecule has 0 bridgehead atoms. The molecule has 1 heterocycles. The van der Waals surface area contributed by atoms with Gasteiger partial charge in [0.2, 0.25) is 5.56 Å². The van der Waals surface area contributed by atoms with Gasteiger partial charge in [0, 0.05) is 27.8 Å². The molecule has 22 heavy (non-hydrogen) atoms. The van der Waals surface area contributed by atoms with Gasteiger partial charge in [0.25, 0.3) is 0 Å². The second-order valence-electron chi connectivity index (χ2n) is 5.18. The van der Waals surface area contributed by atoms with Crippen LogP contribution in [-0.4, -0.2) is 10.8 Å². The molecule has 2 aromatic carbocycles. The molecule has 3 aromatic rings. The molecule has 0 spiro atoms. The molecule has 0 amide bonds. The molecule has 0 unspecified atom stereocenters. The van der Waals surface area contributed by atoms with E-state index in [0.717, 1.165) is 11.1 Å². The van der Waals surface area contributed by atoms with E-state index in [1.807, 2.05) is 30.3 Å². The Morgan fingerprint density at radius 3 is 2.23 bits per heavy atom. The van der Waals surface area contributed by atoms with Gasteiger partial charge in [-0.05, 0) is 17.7 Å². The maximum absolute atomic E-state index is 12.7.